The van der Waals surface area contributed by atoms with E-state index in [-0.39, 0.29) is 5.56 Å². The third-order valence-corrected chi connectivity index (χ3v) is 3.18. The lowest BCUT2D eigenvalue weighted by molar-refractivity contribution is 0.433. The summed E-state index contributed by atoms with van der Waals surface area (Å²) in [5.74, 6) is -4.50. The van der Waals surface area contributed by atoms with Crippen LogP contribution in [0.25, 0.3) is 0 Å². The average molecular weight is 297 g/mol. The molecule has 0 aromatic heterocycles. The number of nitrogens with one attached hydrogen (secondary N) is 1. The first-order valence-corrected chi connectivity index (χ1v) is 6.58. The Hall–Kier alpha value is -1.88. The molecule has 0 saturated carbocycles. The molecule has 0 saturated heterocycles. The van der Waals surface area contributed by atoms with Gasteiger partial charge in [0.15, 0.2) is 17.5 Å². The van der Waals surface area contributed by atoms with E-state index in [0.717, 1.165) is 6.07 Å². The zero-order valence-electron chi connectivity index (χ0n) is 11.7. The van der Waals surface area contributed by atoms with Gasteiger partial charge in [0, 0.05) is 5.56 Å². The van der Waals surface area contributed by atoms with E-state index in [1.807, 2.05) is 0 Å². The van der Waals surface area contributed by atoms with Gasteiger partial charge in [-0.1, -0.05) is 19.1 Å². The standard InChI is InChI=1S/C16H15F4N/c1-3-21-16(10-6-9(2)7-11(17)8-10)12-4-5-13(18)15(20)14(12)19/h4-8,16,21H,3H2,1-2H3. The van der Waals surface area contributed by atoms with Gasteiger partial charge in [-0.3, -0.25) is 0 Å². The number of halogens is 4. The van der Waals surface area contributed by atoms with Crippen molar-refractivity contribution in [3.05, 3.63) is 70.3 Å². The van der Waals surface area contributed by atoms with Gasteiger partial charge in [-0.25, -0.2) is 17.6 Å². The van der Waals surface area contributed by atoms with Crippen LogP contribution in [0.3, 0.4) is 0 Å². The molecular formula is C16H15F4N. The van der Waals surface area contributed by atoms with Crippen molar-refractivity contribution < 1.29 is 17.6 Å². The predicted molar refractivity (Wildman–Crippen MR) is 73.0 cm³/mol. The highest BCUT2D eigenvalue weighted by molar-refractivity contribution is 5.35. The minimum atomic E-state index is -1.52. The molecule has 0 fully saturated rings. The van der Waals surface area contributed by atoms with Crippen LogP contribution >= 0.6 is 0 Å². The minimum Gasteiger partial charge on any atom is -0.306 e. The monoisotopic (exact) mass is 297 g/mol. The van der Waals surface area contributed by atoms with Crippen molar-refractivity contribution in [3.8, 4) is 0 Å². The van der Waals surface area contributed by atoms with Crippen LogP contribution in [-0.2, 0) is 0 Å². The van der Waals surface area contributed by atoms with E-state index in [9.17, 15) is 17.6 Å². The smallest absolute Gasteiger partial charge is 0.194 e. The van der Waals surface area contributed by atoms with E-state index in [4.69, 9.17) is 0 Å². The van der Waals surface area contributed by atoms with Crippen LogP contribution in [0, 0.1) is 30.2 Å². The molecule has 1 atom stereocenters. The van der Waals surface area contributed by atoms with E-state index in [1.165, 1.54) is 18.2 Å². The maximum absolute atomic E-state index is 14.0. The minimum absolute atomic E-state index is 0.0549. The summed E-state index contributed by atoms with van der Waals surface area (Å²) in [5, 5.41) is 2.96. The number of aryl methyl sites for hydroxylation is 1. The zero-order valence-corrected chi connectivity index (χ0v) is 11.7. The summed E-state index contributed by atoms with van der Waals surface area (Å²) >= 11 is 0. The van der Waals surface area contributed by atoms with Crippen molar-refractivity contribution in [3.63, 3.8) is 0 Å². The molecule has 1 N–H and O–H groups in total. The van der Waals surface area contributed by atoms with Gasteiger partial charge >= 0.3 is 0 Å². The van der Waals surface area contributed by atoms with Crippen LogP contribution in [0.2, 0.25) is 0 Å². The van der Waals surface area contributed by atoms with Crippen LogP contribution in [0.5, 0.6) is 0 Å². The molecule has 2 rings (SSSR count). The number of benzene rings is 2. The fraction of sp³-hybridized carbons (Fsp3) is 0.250. The molecule has 0 spiro atoms. The Balaban J connectivity index is 2.56. The molecule has 0 aliphatic heterocycles. The number of hydrogen-bond acceptors (Lipinski definition) is 1. The van der Waals surface area contributed by atoms with E-state index < -0.39 is 29.3 Å². The lowest BCUT2D eigenvalue weighted by Gasteiger charge is -2.20. The van der Waals surface area contributed by atoms with Gasteiger partial charge in [-0.05, 0) is 42.8 Å². The number of hydrogen-bond donors (Lipinski definition) is 1. The quantitative estimate of drug-likeness (QED) is 0.657. The first kappa shape index (κ1) is 15.5. The molecule has 0 radical (unpaired) electrons. The first-order chi connectivity index (χ1) is 9.93. The van der Waals surface area contributed by atoms with Crippen molar-refractivity contribution >= 4 is 0 Å². The van der Waals surface area contributed by atoms with E-state index >= 15 is 0 Å². The van der Waals surface area contributed by atoms with Crippen molar-refractivity contribution in [1.29, 1.82) is 0 Å². The summed E-state index contributed by atoms with van der Waals surface area (Å²) in [6, 6.07) is 5.55. The molecule has 0 aliphatic carbocycles. The number of rotatable bonds is 4. The van der Waals surface area contributed by atoms with Crippen molar-refractivity contribution in [2.24, 2.45) is 0 Å². The molecule has 1 nitrogen and oxygen atoms in total. The summed E-state index contributed by atoms with van der Waals surface area (Å²) < 4.78 is 54.0. The summed E-state index contributed by atoms with van der Waals surface area (Å²) in [5.41, 5.74) is 1.07. The highest BCUT2D eigenvalue weighted by Crippen LogP contribution is 2.28. The first-order valence-electron chi connectivity index (χ1n) is 6.58. The second-order valence-corrected chi connectivity index (χ2v) is 4.82. The van der Waals surface area contributed by atoms with Gasteiger partial charge in [-0.15, -0.1) is 0 Å². The molecule has 0 amide bonds. The Kier molecular flexibility index (Phi) is 4.63. The highest BCUT2D eigenvalue weighted by Gasteiger charge is 2.22. The Morgan fingerprint density at radius 1 is 1.00 bits per heavy atom. The molecule has 0 bridgehead atoms. The largest absolute Gasteiger partial charge is 0.306 e. The molecule has 2 aromatic carbocycles. The topological polar surface area (TPSA) is 12.0 Å². The predicted octanol–water partition coefficient (Wildman–Crippen LogP) is 4.25. The summed E-state index contributed by atoms with van der Waals surface area (Å²) in [6.07, 6.45) is 0. The normalized spacial score (nSPS) is 12.5. The van der Waals surface area contributed by atoms with Gasteiger partial charge in [0.05, 0.1) is 6.04 Å². The lowest BCUT2D eigenvalue weighted by atomic mass is 9.96. The molecular weight excluding hydrogens is 282 g/mol. The van der Waals surface area contributed by atoms with Gasteiger partial charge < -0.3 is 5.32 Å². The Morgan fingerprint density at radius 2 is 1.71 bits per heavy atom. The van der Waals surface area contributed by atoms with Crippen molar-refractivity contribution in [1.82, 2.24) is 5.32 Å². The molecule has 5 heteroatoms. The van der Waals surface area contributed by atoms with Gasteiger partial charge in [0.1, 0.15) is 5.82 Å². The van der Waals surface area contributed by atoms with Crippen molar-refractivity contribution in [2.45, 2.75) is 19.9 Å². The van der Waals surface area contributed by atoms with Crippen LogP contribution in [0.1, 0.15) is 29.7 Å². The molecule has 112 valence electrons. The third-order valence-electron chi connectivity index (χ3n) is 3.18. The SMILES string of the molecule is CCNC(c1cc(C)cc(F)c1)c1ccc(F)c(F)c1F. The maximum atomic E-state index is 14.0. The molecule has 0 heterocycles. The summed E-state index contributed by atoms with van der Waals surface area (Å²) in [6.45, 7) is 3.95. The second kappa shape index (κ2) is 6.26. The average Bonchev–Trinajstić information content (AvgIpc) is 2.42. The second-order valence-electron chi connectivity index (χ2n) is 4.82. The Labute approximate surface area is 120 Å². The maximum Gasteiger partial charge on any atom is 0.194 e. The molecule has 1 unspecified atom stereocenters. The van der Waals surface area contributed by atoms with E-state index in [1.54, 1.807) is 19.9 Å². The Morgan fingerprint density at radius 3 is 2.33 bits per heavy atom. The van der Waals surface area contributed by atoms with Gasteiger partial charge in [0.25, 0.3) is 0 Å². The van der Waals surface area contributed by atoms with Crippen LogP contribution in [0.15, 0.2) is 30.3 Å². The van der Waals surface area contributed by atoms with Crippen LogP contribution in [-0.4, -0.2) is 6.54 Å². The van der Waals surface area contributed by atoms with Crippen LogP contribution < -0.4 is 5.32 Å². The summed E-state index contributed by atoms with van der Waals surface area (Å²) in [4.78, 5) is 0. The fourth-order valence-electron chi connectivity index (χ4n) is 2.31. The fourth-order valence-corrected chi connectivity index (χ4v) is 2.31. The molecule has 0 aliphatic rings. The van der Waals surface area contributed by atoms with E-state index in [2.05, 4.69) is 5.32 Å². The Bertz CT molecular complexity index is 635. The lowest BCUT2D eigenvalue weighted by Crippen LogP contribution is -2.24. The van der Waals surface area contributed by atoms with Crippen LogP contribution in [0.4, 0.5) is 17.6 Å². The highest BCUT2D eigenvalue weighted by atomic mass is 19.2. The van der Waals surface area contributed by atoms with Crippen molar-refractivity contribution in [2.75, 3.05) is 6.54 Å². The zero-order chi connectivity index (χ0) is 15.6. The van der Waals surface area contributed by atoms with Gasteiger partial charge in [0.2, 0.25) is 0 Å². The molecule has 21 heavy (non-hydrogen) atoms. The third kappa shape index (κ3) is 3.24. The molecule has 2 aromatic rings. The summed E-state index contributed by atoms with van der Waals surface area (Å²) in [7, 11) is 0. The van der Waals surface area contributed by atoms with E-state index in [0.29, 0.717) is 17.7 Å². The van der Waals surface area contributed by atoms with Gasteiger partial charge in [-0.2, -0.15) is 0 Å².